The van der Waals surface area contributed by atoms with E-state index in [1.165, 1.54) is 24.0 Å². The van der Waals surface area contributed by atoms with E-state index in [0.717, 1.165) is 38.4 Å². The Kier molecular flexibility index (Phi) is 5.29. The van der Waals surface area contributed by atoms with Crippen molar-refractivity contribution in [2.45, 2.75) is 57.3 Å². The molecule has 7 nitrogen and oxygen atoms in total. The first kappa shape index (κ1) is 19.3. The Balaban J connectivity index is 1.19. The highest BCUT2D eigenvalue weighted by molar-refractivity contribution is 5.93. The van der Waals surface area contributed by atoms with Crippen LogP contribution in [-0.4, -0.2) is 57.0 Å². The van der Waals surface area contributed by atoms with Gasteiger partial charge in [-0.1, -0.05) is 24.3 Å². The predicted octanol–water partition coefficient (Wildman–Crippen LogP) is 2.31. The number of fused-ring (bicyclic) bond motifs is 1. The van der Waals surface area contributed by atoms with Gasteiger partial charge in [-0.05, 0) is 42.7 Å². The van der Waals surface area contributed by atoms with Crippen LogP contribution in [0.25, 0.3) is 0 Å². The smallest absolute Gasteiger partial charge is 0.254 e. The van der Waals surface area contributed by atoms with Gasteiger partial charge in [0.1, 0.15) is 0 Å². The average Bonchev–Trinajstić information content (AvgIpc) is 3.13. The first-order valence-electron chi connectivity index (χ1n) is 11.0. The largest absolute Gasteiger partial charge is 0.350 e. The Bertz CT molecular complexity index is 883. The first-order chi connectivity index (χ1) is 14.7. The number of nitrogens with one attached hydrogen (secondary N) is 2. The molecule has 2 fully saturated rings. The predicted molar refractivity (Wildman–Crippen MR) is 112 cm³/mol. The van der Waals surface area contributed by atoms with E-state index in [2.05, 4.69) is 32.5 Å². The molecular weight excluding hydrogens is 378 g/mol. The van der Waals surface area contributed by atoms with Gasteiger partial charge < -0.3 is 10.2 Å². The molecule has 1 saturated heterocycles. The van der Waals surface area contributed by atoms with Gasteiger partial charge in [-0.3, -0.25) is 19.6 Å². The van der Waals surface area contributed by atoms with Gasteiger partial charge in [-0.25, -0.2) is 0 Å². The molecular formula is C23H29N5O2. The van der Waals surface area contributed by atoms with Crippen LogP contribution in [0.2, 0.25) is 0 Å². The van der Waals surface area contributed by atoms with Crippen molar-refractivity contribution in [2.75, 3.05) is 13.1 Å². The van der Waals surface area contributed by atoms with Crippen molar-refractivity contribution in [3.8, 4) is 0 Å². The van der Waals surface area contributed by atoms with E-state index in [0.29, 0.717) is 24.6 Å². The fourth-order valence-electron chi connectivity index (χ4n) is 4.88. The highest BCUT2D eigenvalue weighted by atomic mass is 16.2. The van der Waals surface area contributed by atoms with E-state index < -0.39 is 0 Å². The fourth-order valence-corrected chi connectivity index (χ4v) is 4.88. The van der Waals surface area contributed by atoms with Crippen LogP contribution < -0.4 is 5.32 Å². The second-order valence-corrected chi connectivity index (χ2v) is 8.94. The van der Waals surface area contributed by atoms with E-state index in [1.807, 2.05) is 17.0 Å². The molecule has 5 rings (SSSR count). The summed E-state index contributed by atoms with van der Waals surface area (Å²) in [7, 11) is 0. The number of aromatic amines is 1. The Labute approximate surface area is 176 Å². The Morgan fingerprint density at radius 3 is 2.47 bits per heavy atom. The van der Waals surface area contributed by atoms with Gasteiger partial charge in [0.25, 0.3) is 5.91 Å². The molecule has 7 heteroatoms. The van der Waals surface area contributed by atoms with Crippen molar-refractivity contribution in [1.82, 2.24) is 25.3 Å². The van der Waals surface area contributed by atoms with Gasteiger partial charge in [0.05, 0.1) is 11.8 Å². The molecule has 2 aliphatic heterocycles. The maximum absolute atomic E-state index is 13.1. The minimum absolute atomic E-state index is 0.0931. The van der Waals surface area contributed by atoms with Crippen LogP contribution >= 0.6 is 0 Å². The molecule has 2 atom stereocenters. The topological polar surface area (TPSA) is 81.3 Å². The standard InChI is InChI=1S/C23H29N5O2/c29-22(27-14-17-3-1-2-4-18(17)15-27)9-20-7-8-21(28(20)13-16-5-6-16)12-24-23(30)19-10-25-26-11-19/h1-4,10-11,16,20-21H,5-9,12-15H2,(H,24,30)(H,25,26)/t20-,21+/m1/s1. The Morgan fingerprint density at radius 1 is 1.07 bits per heavy atom. The molecule has 0 unspecified atom stereocenters. The molecule has 1 aromatic heterocycles. The molecule has 2 amide bonds. The number of carbonyl (C=O) groups excluding carboxylic acids is 2. The van der Waals surface area contributed by atoms with Gasteiger partial charge in [0.15, 0.2) is 0 Å². The highest BCUT2D eigenvalue weighted by Gasteiger charge is 2.39. The molecule has 0 bridgehead atoms. The number of rotatable bonds is 7. The zero-order chi connectivity index (χ0) is 20.5. The number of benzene rings is 1. The number of nitrogens with zero attached hydrogens (tertiary/aromatic N) is 3. The van der Waals surface area contributed by atoms with Crippen LogP contribution in [0, 0.1) is 5.92 Å². The molecule has 1 aromatic carbocycles. The van der Waals surface area contributed by atoms with Gasteiger partial charge in [0, 0.05) is 50.9 Å². The SMILES string of the molecule is O=C(NC[C@@H]1CC[C@H](CC(=O)N2Cc3ccccc3C2)N1CC1CC1)c1cn[nH]c1. The highest BCUT2D eigenvalue weighted by Crippen LogP contribution is 2.36. The maximum Gasteiger partial charge on any atom is 0.254 e. The van der Waals surface area contributed by atoms with Crippen LogP contribution in [0.1, 0.15) is 53.6 Å². The molecule has 30 heavy (non-hydrogen) atoms. The average molecular weight is 408 g/mol. The van der Waals surface area contributed by atoms with Crippen LogP contribution in [0.3, 0.4) is 0 Å². The number of amides is 2. The quantitative estimate of drug-likeness (QED) is 0.738. The lowest BCUT2D eigenvalue weighted by Crippen LogP contribution is -2.45. The van der Waals surface area contributed by atoms with Crippen molar-refractivity contribution in [3.05, 3.63) is 53.3 Å². The maximum atomic E-state index is 13.1. The van der Waals surface area contributed by atoms with Gasteiger partial charge in [-0.2, -0.15) is 5.10 Å². The Hall–Kier alpha value is -2.67. The summed E-state index contributed by atoms with van der Waals surface area (Å²) in [5, 5.41) is 9.58. The number of carbonyl (C=O) groups is 2. The third-order valence-corrected chi connectivity index (χ3v) is 6.80. The van der Waals surface area contributed by atoms with E-state index in [-0.39, 0.29) is 17.9 Å². The van der Waals surface area contributed by atoms with Crippen molar-refractivity contribution in [2.24, 2.45) is 5.92 Å². The summed E-state index contributed by atoms with van der Waals surface area (Å²) in [5.74, 6) is 0.911. The zero-order valence-corrected chi connectivity index (χ0v) is 17.2. The summed E-state index contributed by atoms with van der Waals surface area (Å²) in [4.78, 5) is 29.9. The number of hydrogen-bond donors (Lipinski definition) is 2. The van der Waals surface area contributed by atoms with Gasteiger partial charge in [-0.15, -0.1) is 0 Å². The van der Waals surface area contributed by atoms with E-state index in [9.17, 15) is 9.59 Å². The molecule has 1 saturated carbocycles. The first-order valence-corrected chi connectivity index (χ1v) is 11.0. The van der Waals surface area contributed by atoms with Crippen molar-refractivity contribution in [3.63, 3.8) is 0 Å². The molecule has 2 N–H and O–H groups in total. The molecule has 0 spiro atoms. The van der Waals surface area contributed by atoms with Crippen molar-refractivity contribution < 1.29 is 9.59 Å². The lowest BCUT2D eigenvalue weighted by molar-refractivity contribution is -0.133. The molecule has 2 aromatic rings. The Morgan fingerprint density at radius 2 is 1.80 bits per heavy atom. The monoisotopic (exact) mass is 407 g/mol. The van der Waals surface area contributed by atoms with Gasteiger partial charge >= 0.3 is 0 Å². The van der Waals surface area contributed by atoms with E-state index in [4.69, 9.17) is 0 Å². The molecule has 1 aliphatic carbocycles. The normalized spacial score (nSPS) is 23.5. The van der Waals surface area contributed by atoms with E-state index >= 15 is 0 Å². The summed E-state index contributed by atoms with van der Waals surface area (Å²) in [6.45, 7) is 3.13. The summed E-state index contributed by atoms with van der Waals surface area (Å²) in [6.07, 6.45) is 8.34. The lowest BCUT2D eigenvalue weighted by atomic mass is 10.1. The van der Waals surface area contributed by atoms with Crippen LogP contribution in [0.5, 0.6) is 0 Å². The number of hydrogen-bond acceptors (Lipinski definition) is 4. The number of likely N-dealkylation sites (tertiary alicyclic amines) is 1. The van der Waals surface area contributed by atoms with Crippen LogP contribution in [-0.2, 0) is 17.9 Å². The van der Waals surface area contributed by atoms with Crippen LogP contribution in [0.15, 0.2) is 36.7 Å². The minimum Gasteiger partial charge on any atom is -0.350 e. The second-order valence-electron chi connectivity index (χ2n) is 8.94. The summed E-state index contributed by atoms with van der Waals surface area (Å²) in [5.41, 5.74) is 3.10. The number of aromatic nitrogens is 2. The fraction of sp³-hybridized carbons (Fsp3) is 0.522. The van der Waals surface area contributed by atoms with Crippen LogP contribution in [0.4, 0.5) is 0 Å². The lowest BCUT2D eigenvalue weighted by Gasteiger charge is -2.31. The molecule has 3 heterocycles. The van der Waals surface area contributed by atoms with E-state index in [1.54, 1.807) is 12.4 Å². The minimum atomic E-state index is -0.0931. The third kappa shape index (κ3) is 4.12. The van der Waals surface area contributed by atoms with Crippen molar-refractivity contribution >= 4 is 11.8 Å². The van der Waals surface area contributed by atoms with Crippen molar-refractivity contribution in [1.29, 1.82) is 0 Å². The number of H-pyrrole nitrogens is 1. The summed E-state index contributed by atoms with van der Waals surface area (Å²) in [6, 6.07) is 8.91. The molecule has 0 radical (unpaired) electrons. The molecule has 158 valence electrons. The molecule has 3 aliphatic rings. The summed E-state index contributed by atoms with van der Waals surface area (Å²) >= 11 is 0. The van der Waals surface area contributed by atoms with Gasteiger partial charge in [0.2, 0.25) is 5.91 Å². The summed E-state index contributed by atoms with van der Waals surface area (Å²) < 4.78 is 0. The zero-order valence-electron chi connectivity index (χ0n) is 17.2. The second kappa shape index (κ2) is 8.22. The third-order valence-electron chi connectivity index (χ3n) is 6.80.